The van der Waals surface area contributed by atoms with Crippen LogP contribution in [0.15, 0.2) is 64.4 Å². The van der Waals surface area contributed by atoms with Crippen LogP contribution in [0.4, 0.5) is 0 Å². The van der Waals surface area contributed by atoms with Gasteiger partial charge in [-0.1, -0.05) is 30.3 Å². The Bertz CT molecular complexity index is 1170. The van der Waals surface area contributed by atoms with Gasteiger partial charge in [-0.05, 0) is 55.5 Å². The predicted octanol–water partition coefficient (Wildman–Crippen LogP) is 2.19. The molecule has 0 atom stereocenters. The van der Waals surface area contributed by atoms with Crippen molar-refractivity contribution in [3.05, 3.63) is 60.2 Å². The van der Waals surface area contributed by atoms with Crippen molar-refractivity contribution in [2.75, 3.05) is 26.2 Å². The molecule has 2 aliphatic rings. The van der Waals surface area contributed by atoms with Crippen molar-refractivity contribution in [1.82, 2.24) is 13.9 Å². The number of carbonyl (C=O) groups is 1. The van der Waals surface area contributed by atoms with Crippen molar-refractivity contribution < 1.29 is 21.6 Å². The average molecular weight is 492 g/mol. The molecule has 1 amide bonds. The van der Waals surface area contributed by atoms with Crippen molar-refractivity contribution in [1.29, 1.82) is 0 Å². The molecule has 10 heteroatoms. The summed E-state index contributed by atoms with van der Waals surface area (Å²) in [6.07, 6.45) is 2.71. The molecular weight excluding hydrogens is 462 g/mol. The van der Waals surface area contributed by atoms with Crippen LogP contribution in [-0.4, -0.2) is 57.5 Å². The van der Waals surface area contributed by atoms with E-state index in [-0.39, 0.29) is 21.6 Å². The minimum absolute atomic E-state index is 0.111. The molecule has 1 N–H and O–H groups in total. The number of benzene rings is 2. The fourth-order valence-electron chi connectivity index (χ4n) is 4.29. The van der Waals surface area contributed by atoms with Crippen LogP contribution in [0.1, 0.15) is 31.2 Å². The van der Waals surface area contributed by atoms with Crippen molar-refractivity contribution >= 4 is 26.0 Å². The summed E-state index contributed by atoms with van der Waals surface area (Å²) in [4.78, 5) is 13.2. The molecule has 0 radical (unpaired) electrons. The number of piperidine rings is 1. The minimum atomic E-state index is -3.54. The van der Waals surface area contributed by atoms with Gasteiger partial charge in [-0.25, -0.2) is 16.8 Å². The number of rotatable bonds is 7. The lowest BCUT2D eigenvalue weighted by atomic mass is 9.97. The number of nitrogens with zero attached hydrogens (tertiary/aromatic N) is 2. The lowest BCUT2D eigenvalue weighted by molar-refractivity contribution is -0.126. The van der Waals surface area contributed by atoms with Crippen molar-refractivity contribution in [3.8, 4) is 0 Å². The maximum atomic E-state index is 12.7. The van der Waals surface area contributed by atoms with E-state index < -0.39 is 20.0 Å². The molecule has 2 heterocycles. The van der Waals surface area contributed by atoms with Crippen LogP contribution in [0.3, 0.4) is 0 Å². The monoisotopic (exact) mass is 491 g/mol. The summed E-state index contributed by atoms with van der Waals surface area (Å²) in [5.74, 6) is -0.359. The standard InChI is InChI=1S/C23H29N3O5S2/c27-23(20-12-16-26(17-13-20)32(28,29)21-6-2-1-3-7-21)24-18-19-8-10-22(11-9-19)33(30,31)25-14-4-5-15-25/h1-3,6-11,20H,4-5,12-18H2,(H,24,27). The van der Waals surface area contributed by atoms with Gasteiger partial charge in [0.2, 0.25) is 26.0 Å². The molecule has 8 nitrogen and oxygen atoms in total. The Hall–Kier alpha value is -2.27. The van der Waals surface area contributed by atoms with Gasteiger partial charge in [0.1, 0.15) is 0 Å². The number of amides is 1. The third-order valence-corrected chi connectivity index (χ3v) is 10.1. The summed E-state index contributed by atoms with van der Waals surface area (Å²) < 4.78 is 53.6. The highest BCUT2D eigenvalue weighted by molar-refractivity contribution is 7.89. The largest absolute Gasteiger partial charge is 0.352 e. The highest BCUT2D eigenvalue weighted by Gasteiger charge is 2.32. The first-order chi connectivity index (χ1) is 15.8. The van der Waals surface area contributed by atoms with Gasteiger partial charge < -0.3 is 5.32 Å². The van der Waals surface area contributed by atoms with Gasteiger partial charge in [0.15, 0.2) is 0 Å². The van der Waals surface area contributed by atoms with E-state index in [0.717, 1.165) is 18.4 Å². The molecule has 2 aromatic rings. The number of hydrogen-bond acceptors (Lipinski definition) is 5. The molecule has 178 valence electrons. The fourth-order valence-corrected chi connectivity index (χ4v) is 7.30. The van der Waals surface area contributed by atoms with Crippen LogP contribution < -0.4 is 5.32 Å². The molecule has 2 aliphatic heterocycles. The second-order valence-corrected chi connectivity index (χ2v) is 12.3. The van der Waals surface area contributed by atoms with Crippen LogP contribution in [0.2, 0.25) is 0 Å². The Labute approximate surface area is 195 Å². The molecule has 2 fully saturated rings. The average Bonchev–Trinajstić information content (AvgIpc) is 3.39. The van der Waals surface area contributed by atoms with E-state index in [0.29, 0.717) is 45.6 Å². The summed E-state index contributed by atoms with van der Waals surface area (Å²) in [6, 6.07) is 14.9. The summed E-state index contributed by atoms with van der Waals surface area (Å²) in [5, 5.41) is 2.90. The Morgan fingerprint density at radius 2 is 1.27 bits per heavy atom. The molecule has 4 rings (SSSR count). The molecule has 0 bridgehead atoms. The fraction of sp³-hybridized carbons (Fsp3) is 0.435. The highest BCUT2D eigenvalue weighted by Crippen LogP contribution is 2.24. The summed E-state index contributed by atoms with van der Waals surface area (Å²) in [6.45, 7) is 2.03. The van der Waals surface area contributed by atoms with Gasteiger partial charge in [-0.3, -0.25) is 4.79 Å². The van der Waals surface area contributed by atoms with E-state index in [4.69, 9.17) is 0 Å². The number of sulfonamides is 2. The van der Waals surface area contributed by atoms with Crippen LogP contribution in [0.5, 0.6) is 0 Å². The molecular formula is C23H29N3O5S2. The Balaban J connectivity index is 1.28. The van der Waals surface area contributed by atoms with Gasteiger partial charge in [-0.2, -0.15) is 8.61 Å². The zero-order valence-corrected chi connectivity index (χ0v) is 20.0. The zero-order valence-electron chi connectivity index (χ0n) is 18.4. The summed E-state index contributed by atoms with van der Waals surface area (Å²) >= 11 is 0. The van der Waals surface area contributed by atoms with Crippen LogP contribution in [0.25, 0.3) is 0 Å². The van der Waals surface area contributed by atoms with E-state index in [1.807, 2.05) is 0 Å². The second kappa shape index (κ2) is 9.92. The summed E-state index contributed by atoms with van der Waals surface area (Å²) in [7, 11) is -6.99. The summed E-state index contributed by atoms with van der Waals surface area (Å²) in [5.41, 5.74) is 0.813. The van der Waals surface area contributed by atoms with Gasteiger partial charge in [0, 0.05) is 38.6 Å². The molecule has 0 spiro atoms. The topological polar surface area (TPSA) is 104 Å². The van der Waals surface area contributed by atoms with Gasteiger partial charge >= 0.3 is 0 Å². The van der Waals surface area contributed by atoms with E-state index >= 15 is 0 Å². The van der Waals surface area contributed by atoms with E-state index in [2.05, 4.69) is 5.32 Å². The van der Waals surface area contributed by atoms with E-state index in [1.54, 1.807) is 54.6 Å². The predicted molar refractivity (Wildman–Crippen MR) is 124 cm³/mol. The molecule has 2 saturated heterocycles. The SMILES string of the molecule is O=C(NCc1ccc(S(=O)(=O)N2CCCC2)cc1)C1CCN(S(=O)(=O)c2ccccc2)CC1. The molecule has 0 aromatic heterocycles. The van der Waals surface area contributed by atoms with Crippen LogP contribution in [0, 0.1) is 5.92 Å². The first-order valence-electron chi connectivity index (χ1n) is 11.2. The van der Waals surface area contributed by atoms with Gasteiger partial charge in [-0.15, -0.1) is 0 Å². The Morgan fingerprint density at radius 3 is 1.85 bits per heavy atom. The third kappa shape index (κ3) is 5.29. The quantitative estimate of drug-likeness (QED) is 0.639. The maximum absolute atomic E-state index is 12.7. The Morgan fingerprint density at radius 1 is 0.758 bits per heavy atom. The number of carbonyl (C=O) groups excluding carboxylic acids is 1. The molecule has 0 aliphatic carbocycles. The lowest BCUT2D eigenvalue weighted by Crippen LogP contribution is -2.42. The van der Waals surface area contributed by atoms with E-state index in [9.17, 15) is 21.6 Å². The smallest absolute Gasteiger partial charge is 0.243 e. The minimum Gasteiger partial charge on any atom is -0.352 e. The number of hydrogen-bond donors (Lipinski definition) is 1. The molecule has 0 unspecified atom stereocenters. The number of nitrogens with one attached hydrogen (secondary N) is 1. The van der Waals surface area contributed by atoms with Gasteiger partial charge in [0.05, 0.1) is 9.79 Å². The van der Waals surface area contributed by atoms with Crippen LogP contribution >= 0.6 is 0 Å². The van der Waals surface area contributed by atoms with Crippen molar-refractivity contribution in [2.24, 2.45) is 5.92 Å². The lowest BCUT2D eigenvalue weighted by Gasteiger charge is -2.30. The third-order valence-electron chi connectivity index (χ3n) is 6.30. The van der Waals surface area contributed by atoms with Gasteiger partial charge in [0.25, 0.3) is 0 Å². The maximum Gasteiger partial charge on any atom is 0.243 e. The van der Waals surface area contributed by atoms with Crippen molar-refractivity contribution in [2.45, 2.75) is 42.0 Å². The first-order valence-corrected chi connectivity index (χ1v) is 14.1. The molecule has 2 aromatic carbocycles. The van der Waals surface area contributed by atoms with E-state index in [1.165, 1.54) is 8.61 Å². The van der Waals surface area contributed by atoms with Crippen LogP contribution in [-0.2, 0) is 31.4 Å². The molecule has 33 heavy (non-hydrogen) atoms. The highest BCUT2D eigenvalue weighted by atomic mass is 32.2. The second-order valence-electron chi connectivity index (χ2n) is 8.46. The van der Waals surface area contributed by atoms with Crippen molar-refractivity contribution in [3.63, 3.8) is 0 Å². The first kappa shape index (κ1) is 23.9. The molecule has 0 saturated carbocycles. The Kier molecular flexibility index (Phi) is 7.18. The zero-order chi connectivity index (χ0) is 23.5. The normalized spacial score (nSPS) is 18.9.